The highest BCUT2D eigenvalue weighted by molar-refractivity contribution is 5.32. The number of aromatic nitrogens is 1. The number of nitrogens with two attached hydrogens (primary N) is 1. The quantitative estimate of drug-likeness (QED) is 0.909. The SMILES string of the molecule is CCCc1cc(CN)cc(Oc2ccc(F)cc2F)n1. The van der Waals surface area contributed by atoms with Crippen molar-refractivity contribution < 1.29 is 13.5 Å². The van der Waals surface area contributed by atoms with Gasteiger partial charge in [-0.25, -0.2) is 13.8 Å². The first kappa shape index (κ1) is 14.4. The molecule has 2 N–H and O–H groups in total. The van der Waals surface area contributed by atoms with Gasteiger partial charge in [0.1, 0.15) is 5.82 Å². The fourth-order valence-corrected chi connectivity index (χ4v) is 1.85. The molecule has 0 spiro atoms. The van der Waals surface area contributed by atoms with E-state index in [0.717, 1.165) is 36.2 Å². The fourth-order valence-electron chi connectivity index (χ4n) is 1.85. The molecular formula is C15H16F2N2O. The van der Waals surface area contributed by atoms with Crippen LogP contribution in [0.1, 0.15) is 24.6 Å². The molecule has 0 atom stereocenters. The van der Waals surface area contributed by atoms with Crippen LogP contribution in [0.4, 0.5) is 8.78 Å². The summed E-state index contributed by atoms with van der Waals surface area (Å²) in [5.74, 6) is -1.20. The lowest BCUT2D eigenvalue weighted by atomic mass is 10.1. The maximum absolute atomic E-state index is 13.5. The van der Waals surface area contributed by atoms with Gasteiger partial charge < -0.3 is 10.5 Å². The Bertz CT molecular complexity index is 602. The van der Waals surface area contributed by atoms with E-state index in [9.17, 15) is 8.78 Å². The Morgan fingerprint density at radius 3 is 2.65 bits per heavy atom. The van der Waals surface area contributed by atoms with Gasteiger partial charge >= 0.3 is 0 Å². The van der Waals surface area contributed by atoms with Crippen molar-refractivity contribution in [3.63, 3.8) is 0 Å². The average molecular weight is 278 g/mol. The predicted octanol–water partition coefficient (Wildman–Crippen LogP) is 3.56. The second-order valence-electron chi connectivity index (χ2n) is 4.44. The van der Waals surface area contributed by atoms with Gasteiger partial charge in [-0.1, -0.05) is 13.3 Å². The molecule has 0 saturated heterocycles. The molecular weight excluding hydrogens is 262 g/mol. The first-order valence-corrected chi connectivity index (χ1v) is 6.45. The summed E-state index contributed by atoms with van der Waals surface area (Å²) in [5, 5.41) is 0. The van der Waals surface area contributed by atoms with Crippen LogP contribution in [0.3, 0.4) is 0 Å². The monoisotopic (exact) mass is 278 g/mol. The van der Waals surface area contributed by atoms with E-state index < -0.39 is 11.6 Å². The van der Waals surface area contributed by atoms with E-state index in [4.69, 9.17) is 10.5 Å². The molecule has 0 aliphatic carbocycles. The lowest BCUT2D eigenvalue weighted by Crippen LogP contribution is -2.02. The second-order valence-corrected chi connectivity index (χ2v) is 4.44. The molecule has 5 heteroatoms. The number of pyridine rings is 1. The number of halogens is 2. The molecule has 2 aromatic rings. The molecule has 0 saturated carbocycles. The van der Waals surface area contributed by atoms with Gasteiger partial charge in [0.2, 0.25) is 5.88 Å². The third-order valence-corrected chi connectivity index (χ3v) is 2.76. The van der Waals surface area contributed by atoms with Crippen molar-refractivity contribution in [1.82, 2.24) is 4.98 Å². The number of rotatable bonds is 5. The van der Waals surface area contributed by atoms with E-state index in [1.807, 2.05) is 13.0 Å². The first-order valence-electron chi connectivity index (χ1n) is 6.45. The van der Waals surface area contributed by atoms with Gasteiger partial charge in [0.25, 0.3) is 0 Å². The summed E-state index contributed by atoms with van der Waals surface area (Å²) < 4.78 is 31.8. The molecule has 0 aliphatic rings. The largest absolute Gasteiger partial charge is 0.436 e. The van der Waals surface area contributed by atoms with E-state index in [2.05, 4.69) is 4.98 Å². The minimum atomic E-state index is -0.762. The Labute approximate surface area is 116 Å². The number of aryl methyl sites for hydroxylation is 1. The molecule has 1 aromatic heterocycles. The molecule has 0 unspecified atom stereocenters. The average Bonchev–Trinajstić information content (AvgIpc) is 2.42. The van der Waals surface area contributed by atoms with Gasteiger partial charge in [-0.15, -0.1) is 0 Å². The molecule has 0 aliphatic heterocycles. The number of nitrogens with zero attached hydrogens (tertiary/aromatic N) is 1. The summed E-state index contributed by atoms with van der Waals surface area (Å²) in [6.07, 6.45) is 1.72. The number of benzene rings is 1. The number of hydrogen-bond donors (Lipinski definition) is 1. The molecule has 0 fully saturated rings. The van der Waals surface area contributed by atoms with E-state index in [0.29, 0.717) is 6.54 Å². The third kappa shape index (κ3) is 3.51. The molecule has 0 radical (unpaired) electrons. The summed E-state index contributed by atoms with van der Waals surface area (Å²) in [7, 11) is 0. The van der Waals surface area contributed by atoms with Crippen LogP contribution in [0.25, 0.3) is 0 Å². The maximum Gasteiger partial charge on any atom is 0.219 e. The minimum Gasteiger partial charge on any atom is -0.436 e. The summed E-state index contributed by atoms with van der Waals surface area (Å²) >= 11 is 0. The molecule has 3 nitrogen and oxygen atoms in total. The van der Waals surface area contributed by atoms with Gasteiger partial charge in [0.15, 0.2) is 11.6 Å². The zero-order chi connectivity index (χ0) is 14.5. The van der Waals surface area contributed by atoms with Crippen molar-refractivity contribution in [2.45, 2.75) is 26.3 Å². The number of ether oxygens (including phenoxy) is 1. The molecule has 106 valence electrons. The van der Waals surface area contributed by atoms with Gasteiger partial charge in [0, 0.05) is 24.4 Å². The summed E-state index contributed by atoms with van der Waals surface area (Å²) in [6.45, 7) is 2.39. The molecule has 2 rings (SSSR count). The zero-order valence-electron chi connectivity index (χ0n) is 11.2. The van der Waals surface area contributed by atoms with Crippen LogP contribution in [-0.4, -0.2) is 4.98 Å². The molecule has 1 heterocycles. The fraction of sp³-hybridized carbons (Fsp3) is 0.267. The van der Waals surface area contributed by atoms with Gasteiger partial charge in [0.05, 0.1) is 0 Å². The lowest BCUT2D eigenvalue weighted by molar-refractivity contribution is 0.421. The van der Waals surface area contributed by atoms with Crippen LogP contribution in [-0.2, 0) is 13.0 Å². The minimum absolute atomic E-state index is 0.0597. The van der Waals surface area contributed by atoms with E-state index in [1.54, 1.807) is 6.07 Å². The van der Waals surface area contributed by atoms with Crippen molar-refractivity contribution in [2.24, 2.45) is 5.73 Å². The van der Waals surface area contributed by atoms with E-state index >= 15 is 0 Å². The van der Waals surface area contributed by atoms with Crippen LogP contribution >= 0.6 is 0 Å². The summed E-state index contributed by atoms with van der Waals surface area (Å²) in [6, 6.07) is 6.70. The predicted molar refractivity (Wildman–Crippen MR) is 72.6 cm³/mol. The van der Waals surface area contributed by atoms with Gasteiger partial charge in [-0.05, 0) is 30.2 Å². The van der Waals surface area contributed by atoms with Crippen molar-refractivity contribution in [1.29, 1.82) is 0 Å². The second kappa shape index (κ2) is 6.43. The van der Waals surface area contributed by atoms with Crippen LogP contribution < -0.4 is 10.5 Å². The smallest absolute Gasteiger partial charge is 0.219 e. The number of hydrogen-bond acceptors (Lipinski definition) is 3. The normalized spacial score (nSPS) is 10.6. The Morgan fingerprint density at radius 2 is 2.00 bits per heavy atom. The maximum atomic E-state index is 13.5. The highest BCUT2D eigenvalue weighted by Crippen LogP contribution is 2.25. The van der Waals surface area contributed by atoms with Crippen molar-refractivity contribution >= 4 is 0 Å². The zero-order valence-corrected chi connectivity index (χ0v) is 11.2. The van der Waals surface area contributed by atoms with Crippen molar-refractivity contribution in [3.8, 4) is 11.6 Å². The molecule has 0 amide bonds. The highest BCUT2D eigenvalue weighted by atomic mass is 19.1. The molecule has 20 heavy (non-hydrogen) atoms. The van der Waals surface area contributed by atoms with Crippen LogP contribution in [0.15, 0.2) is 30.3 Å². The van der Waals surface area contributed by atoms with Crippen LogP contribution in [0.2, 0.25) is 0 Å². The van der Waals surface area contributed by atoms with Crippen LogP contribution in [0, 0.1) is 11.6 Å². The Kier molecular flexibility index (Phi) is 4.63. The van der Waals surface area contributed by atoms with Crippen molar-refractivity contribution in [2.75, 3.05) is 0 Å². The van der Waals surface area contributed by atoms with E-state index in [1.165, 1.54) is 6.07 Å². The highest BCUT2D eigenvalue weighted by Gasteiger charge is 2.09. The Hall–Kier alpha value is -2.01. The van der Waals surface area contributed by atoms with Crippen LogP contribution in [0.5, 0.6) is 11.6 Å². The lowest BCUT2D eigenvalue weighted by Gasteiger charge is -2.09. The Balaban J connectivity index is 2.29. The molecule has 0 bridgehead atoms. The first-order chi connectivity index (χ1) is 9.62. The third-order valence-electron chi connectivity index (χ3n) is 2.76. The summed E-state index contributed by atoms with van der Waals surface area (Å²) in [4.78, 5) is 4.29. The topological polar surface area (TPSA) is 48.1 Å². The van der Waals surface area contributed by atoms with Gasteiger partial charge in [-0.2, -0.15) is 0 Å². The summed E-state index contributed by atoms with van der Waals surface area (Å²) in [5.41, 5.74) is 7.32. The molecule has 1 aromatic carbocycles. The van der Waals surface area contributed by atoms with Gasteiger partial charge in [-0.3, -0.25) is 0 Å². The van der Waals surface area contributed by atoms with E-state index in [-0.39, 0.29) is 11.6 Å². The standard InChI is InChI=1S/C15H16F2N2O/c1-2-3-12-6-10(9-18)7-15(19-12)20-14-5-4-11(16)8-13(14)17/h4-8H,2-3,9,18H2,1H3. The Morgan fingerprint density at radius 1 is 1.20 bits per heavy atom. The van der Waals surface area contributed by atoms with Crippen molar-refractivity contribution in [3.05, 3.63) is 53.2 Å².